The summed E-state index contributed by atoms with van der Waals surface area (Å²) < 4.78 is 40.1. The number of hydrogen-bond acceptors (Lipinski definition) is 5. The van der Waals surface area contributed by atoms with E-state index in [1.54, 1.807) is 60.5 Å². The highest BCUT2D eigenvalue weighted by Gasteiger charge is 2.36. The molecule has 34 heavy (non-hydrogen) atoms. The van der Waals surface area contributed by atoms with Crippen LogP contribution in [0.5, 0.6) is 17.2 Å². The molecule has 0 aromatic heterocycles. The van der Waals surface area contributed by atoms with Crippen LogP contribution in [0.4, 0.5) is 11.4 Å². The molecule has 176 valence electrons. The van der Waals surface area contributed by atoms with Gasteiger partial charge in [0.1, 0.15) is 11.5 Å². The molecule has 5 rings (SSSR count). The normalized spacial score (nSPS) is 15.1. The molecule has 1 aliphatic carbocycles. The first-order valence-corrected chi connectivity index (χ1v) is 12.8. The Labute approximate surface area is 203 Å². The van der Waals surface area contributed by atoms with Gasteiger partial charge in [-0.05, 0) is 85.5 Å². The molecule has 1 fully saturated rings. The van der Waals surface area contributed by atoms with E-state index in [-0.39, 0.29) is 22.4 Å². The Morgan fingerprint density at radius 3 is 2.47 bits per heavy atom. The van der Waals surface area contributed by atoms with E-state index in [0.717, 1.165) is 24.1 Å². The van der Waals surface area contributed by atoms with E-state index in [9.17, 15) is 13.2 Å². The van der Waals surface area contributed by atoms with E-state index in [2.05, 4.69) is 4.72 Å². The largest absolute Gasteiger partial charge is 0.497 e. The van der Waals surface area contributed by atoms with Crippen LogP contribution >= 0.6 is 11.6 Å². The van der Waals surface area contributed by atoms with E-state index in [1.807, 2.05) is 0 Å². The van der Waals surface area contributed by atoms with Crippen molar-refractivity contribution in [2.45, 2.75) is 24.2 Å². The summed E-state index contributed by atoms with van der Waals surface area (Å²) in [6.45, 7) is 0.579. The number of ether oxygens (including phenoxy) is 2. The van der Waals surface area contributed by atoms with Gasteiger partial charge in [-0.1, -0.05) is 11.6 Å². The summed E-state index contributed by atoms with van der Waals surface area (Å²) in [5, 5.41) is 0.364. The molecule has 3 aromatic carbocycles. The summed E-state index contributed by atoms with van der Waals surface area (Å²) in [4.78, 5) is 14.4. The van der Waals surface area contributed by atoms with Crippen LogP contribution in [0.15, 0.2) is 65.6 Å². The van der Waals surface area contributed by atoms with Crippen molar-refractivity contribution in [3.05, 3.63) is 71.2 Å². The molecule has 0 saturated heterocycles. The zero-order valence-electron chi connectivity index (χ0n) is 18.5. The van der Waals surface area contributed by atoms with E-state index in [4.69, 9.17) is 21.1 Å². The van der Waals surface area contributed by atoms with Crippen molar-refractivity contribution in [2.75, 3.05) is 23.3 Å². The Bertz CT molecular complexity index is 1350. The number of rotatable bonds is 7. The second kappa shape index (κ2) is 8.85. The number of sulfonamides is 1. The van der Waals surface area contributed by atoms with Gasteiger partial charge >= 0.3 is 0 Å². The fourth-order valence-electron chi connectivity index (χ4n) is 3.97. The van der Waals surface area contributed by atoms with Crippen LogP contribution in [0, 0.1) is 5.92 Å². The average molecular weight is 499 g/mol. The number of hydrogen-bond donors (Lipinski definition) is 1. The number of fused-ring (bicyclic) bond motifs is 1. The van der Waals surface area contributed by atoms with Gasteiger partial charge < -0.3 is 14.4 Å². The van der Waals surface area contributed by atoms with Crippen molar-refractivity contribution in [3.63, 3.8) is 0 Å². The fraction of sp³-hybridized carbons (Fsp3) is 0.240. The molecule has 0 radical (unpaired) electrons. The maximum Gasteiger partial charge on any atom is 0.262 e. The lowest BCUT2D eigenvalue weighted by molar-refractivity contribution is -0.119. The highest BCUT2D eigenvalue weighted by atomic mass is 35.5. The molecule has 0 unspecified atom stereocenters. The number of halogens is 1. The summed E-state index contributed by atoms with van der Waals surface area (Å²) in [5.41, 5.74) is 1.86. The van der Waals surface area contributed by atoms with Gasteiger partial charge in [0.25, 0.3) is 10.0 Å². The zero-order chi connectivity index (χ0) is 23.9. The fourth-order valence-corrected chi connectivity index (χ4v) is 5.25. The van der Waals surface area contributed by atoms with E-state index in [1.165, 1.54) is 12.1 Å². The zero-order valence-corrected chi connectivity index (χ0v) is 20.0. The smallest absolute Gasteiger partial charge is 0.262 e. The Balaban J connectivity index is 1.39. The summed E-state index contributed by atoms with van der Waals surface area (Å²) >= 11 is 6.14. The lowest BCUT2D eigenvalue weighted by Gasteiger charge is -2.18. The molecule has 1 aliphatic heterocycles. The molecule has 1 heterocycles. The van der Waals surface area contributed by atoms with E-state index in [0.29, 0.717) is 35.2 Å². The Kier molecular flexibility index (Phi) is 5.87. The molecule has 2 aliphatic rings. The lowest BCUT2D eigenvalue weighted by atomic mass is 10.2. The first-order valence-electron chi connectivity index (χ1n) is 10.9. The minimum Gasteiger partial charge on any atom is -0.497 e. The molecular formula is C25H23ClN2O5S. The van der Waals surface area contributed by atoms with Crippen LogP contribution < -0.4 is 19.1 Å². The number of nitrogens with one attached hydrogen (secondary N) is 1. The van der Waals surface area contributed by atoms with Gasteiger partial charge in [-0.3, -0.25) is 9.52 Å². The van der Waals surface area contributed by atoms with Gasteiger partial charge in [0.05, 0.1) is 17.7 Å². The molecular weight excluding hydrogens is 476 g/mol. The van der Waals surface area contributed by atoms with Crippen LogP contribution in [-0.4, -0.2) is 28.0 Å². The number of amides is 1. The Morgan fingerprint density at radius 1 is 1.03 bits per heavy atom. The average Bonchev–Trinajstić information content (AvgIpc) is 3.59. The second-order valence-electron chi connectivity index (χ2n) is 8.33. The third-order valence-electron chi connectivity index (χ3n) is 5.92. The van der Waals surface area contributed by atoms with E-state index >= 15 is 0 Å². The molecule has 9 heteroatoms. The quantitative estimate of drug-likeness (QED) is 0.481. The third-order valence-corrected chi connectivity index (χ3v) is 7.52. The number of benzene rings is 3. The Hall–Kier alpha value is -3.23. The molecule has 0 bridgehead atoms. The third kappa shape index (κ3) is 4.56. The first-order chi connectivity index (χ1) is 16.3. The van der Waals surface area contributed by atoms with Crippen molar-refractivity contribution in [3.8, 4) is 17.2 Å². The number of carbonyl (C=O) groups excluding carboxylic acids is 1. The number of anilines is 2. The minimum absolute atomic E-state index is 0.113. The predicted octanol–water partition coefficient (Wildman–Crippen LogP) is 5.24. The van der Waals surface area contributed by atoms with Crippen LogP contribution in [0.25, 0.3) is 0 Å². The molecule has 3 aromatic rings. The van der Waals surface area contributed by atoms with Crippen molar-refractivity contribution in [1.82, 2.24) is 0 Å². The molecule has 7 nitrogen and oxygen atoms in total. The maximum absolute atomic E-state index is 13.2. The number of carbonyl (C=O) groups is 1. The van der Waals surface area contributed by atoms with Crippen LogP contribution in [0.2, 0.25) is 5.02 Å². The predicted molar refractivity (Wildman–Crippen MR) is 131 cm³/mol. The van der Waals surface area contributed by atoms with Crippen molar-refractivity contribution in [2.24, 2.45) is 5.92 Å². The van der Waals surface area contributed by atoms with Gasteiger partial charge in [0.15, 0.2) is 5.75 Å². The monoisotopic (exact) mass is 498 g/mol. The summed E-state index contributed by atoms with van der Waals surface area (Å²) in [6, 6.07) is 16.5. The number of nitrogens with zero attached hydrogens (tertiary/aromatic N) is 1. The SMILES string of the molecule is COc1ccc(Oc2ccc(Cl)cc2NS(=O)(=O)c2ccc3c(c2)CCN3C(=O)C2CC2)cc1. The highest BCUT2D eigenvalue weighted by Crippen LogP contribution is 2.38. The van der Waals surface area contributed by atoms with Crippen molar-refractivity contribution >= 4 is 38.9 Å². The molecule has 1 amide bonds. The first kappa shape index (κ1) is 22.6. The molecule has 1 N–H and O–H groups in total. The molecule has 1 saturated carbocycles. The Morgan fingerprint density at radius 2 is 1.76 bits per heavy atom. The summed E-state index contributed by atoms with van der Waals surface area (Å²) in [5.74, 6) is 1.75. The standard InChI is InChI=1S/C25H23ClN2O5S/c1-32-19-5-7-20(8-6-19)33-24-11-4-18(26)15-22(24)27-34(30,31)21-9-10-23-17(14-21)12-13-28(23)25(29)16-2-3-16/h4-11,14-16,27H,2-3,12-13H2,1H3. The van der Waals surface area contributed by atoms with Crippen molar-refractivity contribution < 1.29 is 22.7 Å². The van der Waals surface area contributed by atoms with Crippen LogP contribution in [0.3, 0.4) is 0 Å². The minimum atomic E-state index is -3.93. The van der Waals surface area contributed by atoms with E-state index < -0.39 is 10.0 Å². The highest BCUT2D eigenvalue weighted by molar-refractivity contribution is 7.92. The van der Waals surface area contributed by atoms with Gasteiger partial charge in [-0.25, -0.2) is 8.42 Å². The maximum atomic E-state index is 13.2. The van der Waals surface area contributed by atoms with Gasteiger partial charge in [-0.2, -0.15) is 0 Å². The lowest BCUT2D eigenvalue weighted by Crippen LogP contribution is -2.30. The van der Waals surface area contributed by atoms with Gasteiger partial charge in [0, 0.05) is 23.2 Å². The number of methoxy groups -OCH3 is 1. The summed E-state index contributed by atoms with van der Waals surface area (Å²) in [6.07, 6.45) is 2.49. The van der Waals surface area contributed by atoms with Crippen LogP contribution in [0.1, 0.15) is 18.4 Å². The van der Waals surface area contributed by atoms with Gasteiger partial charge in [-0.15, -0.1) is 0 Å². The van der Waals surface area contributed by atoms with Crippen molar-refractivity contribution in [1.29, 1.82) is 0 Å². The van der Waals surface area contributed by atoms with Crippen LogP contribution in [-0.2, 0) is 21.2 Å². The second-order valence-corrected chi connectivity index (χ2v) is 10.4. The summed E-state index contributed by atoms with van der Waals surface area (Å²) in [7, 11) is -2.36. The topological polar surface area (TPSA) is 84.9 Å². The molecule has 0 spiro atoms. The van der Waals surface area contributed by atoms with Gasteiger partial charge in [0.2, 0.25) is 5.91 Å². The molecule has 0 atom stereocenters.